The van der Waals surface area contributed by atoms with Gasteiger partial charge in [-0.2, -0.15) is 0 Å². The van der Waals surface area contributed by atoms with Crippen molar-refractivity contribution in [3.8, 4) is 0 Å². The minimum Gasteiger partial charge on any atom is -0.394 e. The second-order valence-corrected chi connectivity index (χ2v) is 3.09. The summed E-state index contributed by atoms with van der Waals surface area (Å²) in [6, 6.07) is 0.451. The van der Waals surface area contributed by atoms with E-state index in [2.05, 4.69) is 11.8 Å². The van der Waals surface area contributed by atoms with Crippen LogP contribution in [0, 0.1) is 0 Å². The number of methoxy groups -OCH3 is 1. The van der Waals surface area contributed by atoms with Crippen LogP contribution >= 0.6 is 0 Å². The Morgan fingerprint density at radius 1 is 1.45 bits per heavy atom. The molecule has 0 aliphatic heterocycles. The van der Waals surface area contributed by atoms with Crippen LogP contribution in [-0.2, 0) is 4.74 Å². The van der Waals surface area contributed by atoms with Crippen molar-refractivity contribution in [3.05, 3.63) is 0 Å². The minimum atomic E-state index is -0.0209. The van der Waals surface area contributed by atoms with Gasteiger partial charge < -0.3 is 14.7 Å². The maximum Gasteiger partial charge on any atom is 0.0816 e. The first-order chi connectivity index (χ1) is 5.11. The van der Waals surface area contributed by atoms with Crippen LogP contribution < -0.4 is 0 Å². The van der Waals surface area contributed by atoms with Crippen LogP contribution in [0.3, 0.4) is 0 Å². The van der Waals surface area contributed by atoms with Crippen LogP contribution in [0.5, 0.6) is 0 Å². The minimum absolute atomic E-state index is 0.0209. The Morgan fingerprint density at radius 2 is 2.00 bits per heavy atom. The molecule has 0 spiro atoms. The van der Waals surface area contributed by atoms with E-state index in [1.54, 1.807) is 7.11 Å². The van der Waals surface area contributed by atoms with Crippen LogP contribution in [0.25, 0.3) is 0 Å². The lowest BCUT2D eigenvalue weighted by Crippen LogP contribution is -2.31. The van der Waals surface area contributed by atoms with Gasteiger partial charge in [-0.25, -0.2) is 0 Å². The van der Waals surface area contributed by atoms with Gasteiger partial charge in [0.25, 0.3) is 0 Å². The first kappa shape index (κ1) is 10.9. The molecule has 0 fully saturated rings. The van der Waals surface area contributed by atoms with Crippen molar-refractivity contribution >= 4 is 0 Å². The third-order valence-electron chi connectivity index (χ3n) is 2.02. The van der Waals surface area contributed by atoms with Crippen molar-refractivity contribution in [2.24, 2.45) is 0 Å². The average Bonchev–Trinajstić information content (AvgIpc) is 1.99. The summed E-state index contributed by atoms with van der Waals surface area (Å²) in [6.45, 7) is 2.22. The summed E-state index contributed by atoms with van der Waals surface area (Å²) in [5.41, 5.74) is 0. The van der Waals surface area contributed by atoms with Gasteiger partial charge in [0.2, 0.25) is 0 Å². The molecule has 0 amide bonds. The highest BCUT2D eigenvalue weighted by Crippen LogP contribution is 2.04. The third kappa shape index (κ3) is 4.35. The quantitative estimate of drug-likeness (QED) is 0.631. The van der Waals surface area contributed by atoms with Crippen LogP contribution in [0.1, 0.15) is 13.3 Å². The van der Waals surface area contributed by atoms with Crippen LogP contribution in [0.4, 0.5) is 0 Å². The first-order valence-electron chi connectivity index (χ1n) is 3.91. The Balaban J connectivity index is 3.62. The number of nitrogens with zero attached hydrogens (tertiary/aromatic N) is 1. The molecule has 0 rings (SSSR count). The molecule has 0 heterocycles. The molecule has 68 valence electrons. The van der Waals surface area contributed by atoms with Gasteiger partial charge in [-0.3, -0.25) is 0 Å². The SMILES string of the molecule is COC(CO)CC(C)N(C)C. The van der Waals surface area contributed by atoms with Gasteiger partial charge in [0.05, 0.1) is 12.7 Å². The standard InChI is InChI=1S/C8H19NO2/c1-7(9(2)3)5-8(6-10)11-4/h7-8,10H,5-6H2,1-4H3. The molecule has 0 radical (unpaired) electrons. The highest BCUT2D eigenvalue weighted by atomic mass is 16.5. The zero-order valence-corrected chi connectivity index (χ0v) is 7.87. The molecule has 3 nitrogen and oxygen atoms in total. The van der Waals surface area contributed by atoms with Gasteiger partial charge in [-0.1, -0.05) is 0 Å². The Kier molecular flexibility index (Phi) is 5.46. The Labute approximate surface area is 69.0 Å². The molecule has 0 aliphatic carbocycles. The van der Waals surface area contributed by atoms with Crippen LogP contribution in [0.2, 0.25) is 0 Å². The van der Waals surface area contributed by atoms with Crippen molar-refractivity contribution in [2.75, 3.05) is 27.8 Å². The van der Waals surface area contributed by atoms with Gasteiger partial charge in [-0.05, 0) is 27.4 Å². The van der Waals surface area contributed by atoms with E-state index in [1.165, 1.54) is 0 Å². The second-order valence-electron chi connectivity index (χ2n) is 3.09. The fourth-order valence-electron chi connectivity index (χ4n) is 0.837. The predicted octanol–water partition coefficient (Wildman–Crippen LogP) is 0.334. The van der Waals surface area contributed by atoms with Gasteiger partial charge in [0, 0.05) is 13.2 Å². The zero-order valence-electron chi connectivity index (χ0n) is 7.87. The maximum absolute atomic E-state index is 8.81. The number of ether oxygens (including phenoxy) is 1. The molecular formula is C8H19NO2. The highest BCUT2D eigenvalue weighted by molar-refractivity contribution is 4.66. The third-order valence-corrected chi connectivity index (χ3v) is 2.02. The summed E-state index contributed by atoms with van der Waals surface area (Å²) in [4.78, 5) is 2.11. The van der Waals surface area contributed by atoms with Crippen molar-refractivity contribution in [1.29, 1.82) is 0 Å². The lowest BCUT2D eigenvalue weighted by molar-refractivity contribution is 0.0287. The number of hydrogen-bond donors (Lipinski definition) is 1. The summed E-state index contributed by atoms with van der Waals surface area (Å²) in [5, 5.41) is 8.81. The Morgan fingerprint density at radius 3 is 2.27 bits per heavy atom. The molecule has 2 unspecified atom stereocenters. The number of hydrogen-bond acceptors (Lipinski definition) is 3. The number of aliphatic hydroxyl groups is 1. The summed E-state index contributed by atoms with van der Waals surface area (Å²) in [7, 11) is 5.67. The van der Waals surface area contributed by atoms with Gasteiger partial charge in [0.15, 0.2) is 0 Å². The highest BCUT2D eigenvalue weighted by Gasteiger charge is 2.12. The van der Waals surface area contributed by atoms with Crippen LogP contribution in [0.15, 0.2) is 0 Å². The smallest absolute Gasteiger partial charge is 0.0816 e. The summed E-state index contributed by atoms with van der Waals surface area (Å²) < 4.78 is 5.04. The number of rotatable bonds is 5. The Bertz CT molecular complexity index is 92.1. The largest absolute Gasteiger partial charge is 0.394 e. The van der Waals surface area contributed by atoms with E-state index < -0.39 is 0 Å². The molecule has 0 aromatic rings. The monoisotopic (exact) mass is 161 g/mol. The molecule has 0 bridgehead atoms. The average molecular weight is 161 g/mol. The molecular weight excluding hydrogens is 142 g/mol. The maximum atomic E-state index is 8.81. The van der Waals surface area contributed by atoms with Crippen molar-refractivity contribution in [1.82, 2.24) is 4.90 Å². The zero-order chi connectivity index (χ0) is 8.85. The molecule has 0 saturated heterocycles. The normalized spacial score (nSPS) is 16.9. The van der Waals surface area contributed by atoms with Crippen LogP contribution in [-0.4, -0.2) is 50.0 Å². The van der Waals surface area contributed by atoms with E-state index in [4.69, 9.17) is 9.84 Å². The van der Waals surface area contributed by atoms with E-state index in [0.717, 1.165) is 6.42 Å². The fraction of sp³-hybridized carbons (Fsp3) is 1.00. The van der Waals surface area contributed by atoms with Crippen molar-refractivity contribution in [2.45, 2.75) is 25.5 Å². The molecule has 0 aromatic carbocycles. The molecule has 0 aromatic heterocycles. The topological polar surface area (TPSA) is 32.7 Å². The lowest BCUT2D eigenvalue weighted by Gasteiger charge is -2.23. The fourth-order valence-corrected chi connectivity index (χ4v) is 0.837. The predicted molar refractivity (Wildman–Crippen MR) is 45.6 cm³/mol. The van der Waals surface area contributed by atoms with Gasteiger partial charge >= 0.3 is 0 Å². The summed E-state index contributed by atoms with van der Waals surface area (Å²) in [5.74, 6) is 0. The molecule has 2 atom stereocenters. The molecule has 0 aliphatic rings. The van der Waals surface area contributed by atoms with E-state index in [9.17, 15) is 0 Å². The van der Waals surface area contributed by atoms with Crippen molar-refractivity contribution < 1.29 is 9.84 Å². The molecule has 1 N–H and O–H groups in total. The molecule has 3 heteroatoms. The summed E-state index contributed by atoms with van der Waals surface area (Å²) >= 11 is 0. The van der Waals surface area contributed by atoms with E-state index >= 15 is 0 Å². The second kappa shape index (κ2) is 5.52. The molecule has 0 saturated carbocycles. The van der Waals surface area contributed by atoms with Gasteiger partial charge in [0.1, 0.15) is 0 Å². The van der Waals surface area contributed by atoms with E-state index in [0.29, 0.717) is 6.04 Å². The van der Waals surface area contributed by atoms with Gasteiger partial charge in [-0.15, -0.1) is 0 Å². The first-order valence-corrected chi connectivity index (χ1v) is 3.91. The lowest BCUT2D eigenvalue weighted by atomic mass is 10.1. The van der Waals surface area contributed by atoms with E-state index in [1.807, 2.05) is 14.1 Å². The van der Waals surface area contributed by atoms with E-state index in [-0.39, 0.29) is 12.7 Å². The number of aliphatic hydroxyl groups excluding tert-OH is 1. The van der Waals surface area contributed by atoms with Crippen molar-refractivity contribution in [3.63, 3.8) is 0 Å². The summed E-state index contributed by atoms with van der Waals surface area (Å²) in [6.07, 6.45) is 0.854. The molecule has 11 heavy (non-hydrogen) atoms. The Hall–Kier alpha value is -0.120.